The van der Waals surface area contributed by atoms with E-state index in [1.54, 1.807) is 12.5 Å². The lowest BCUT2D eigenvalue weighted by Gasteiger charge is -2.38. The molecule has 0 aliphatic carbocycles. The van der Waals surface area contributed by atoms with E-state index >= 15 is 0 Å². The summed E-state index contributed by atoms with van der Waals surface area (Å²) in [6.07, 6.45) is 6.53. The van der Waals surface area contributed by atoms with Crippen molar-refractivity contribution >= 4 is 41.9 Å². The van der Waals surface area contributed by atoms with Crippen LogP contribution in [0.3, 0.4) is 0 Å². The number of amides is 1. The number of rotatable bonds is 3. The molecule has 2 fully saturated rings. The highest BCUT2D eigenvalue weighted by atomic mass is 35.5. The van der Waals surface area contributed by atoms with E-state index in [1.165, 1.54) is 0 Å². The first-order valence-electron chi connectivity index (χ1n) is 10.2. The van der Waals surface area contributed by atoms with E-state index in [4.69, 9.17) is 10.5 Å². The molecule has 2 N–H and O–H groups in total. The van der Waals surface area contributed by atoms with Crippen molar-refractivity contribution < 1.29 is 9.53 Å². The van der Waals surface area contributed by atoms with Gasteiger partial charge < -0.3 is 15.4 Å². The lowest BCUT2D eigenvalue weighted by molar-refractivity contribution is 0.0501. The van der Waals surface area contributed by atoms with Crippen LogP contribution >= 0.6 is 24.8 Å². The molecular weight excluding hydrogens is 437 g/mol. The van der Waals surface area contributed by atoms with E-state index in [9.17, 15) is 4.79 Å². The molecule has 31 heavy (non-hydrogen) atoms. The number of hydrogen-bond acceptors (Lipinski definition) is 5. The SMILES string of the molecule is Cl.Cl.NCC1CC2(CCN(C(=O)c3cnc4c(c3)ncn4-c3ccccc3)CC2)CO1. The van der Waals surface area contributed by atoms with Crippen molar-refractivity contribution in [1.29, 1.82) is 0 Å². The molecule has 0 saturated carbocycles. The summed E-state index contributed by atoms with van der Waals surface area (Å²) >= 11 is 0. The number of nitrogens with zero attached hydrogens (tertiary/aromatic N) is 4. The Morgan fingerprint density at radius 1 is 1.16 bits per heavy atom. The third-order valence-electron chi connectivity index (χ3n) is 6.33. The highest BCUT2D eigenvalue weighted by Gasteiger charge is 2.42. The zero-order valence-electron chi connectivity index (χ0n) is 17.1. The van der Waals surface area contributed by atoms with Crippen LogP contribution in [0.25, 0.3) is 16.9 Å². The van der Waals surface area contributed by atoms with Gasteiger partial charge in [-0.2, -0.15) is 0 Å². The van der Waals surface area contributed by atoms with Crippen LogP contribution in [0.4, 0.5) is 0 Å². The lowest BCUT2D eigenvalue weighted by Crippen LogP contribution is -2.43. The largest absolute Gasteiger partial charge is 0.376 e. The molecule has 5 rings (SSSR count). The molecule has 2 aliphatic heterocycles. The van der Waals surface area contributed by atoms with Crippen molar-refractivity contribution in [2.24, 2.45) is 11.1 Å². The molecule has 1 unspecified atom stereocenters. The van der Waals surface area contributed by atoms with Gasteiger partial charge in [0.2, 0.25) is 0 Å². The summed E-state index contributed by atoms with van der Waals surface area (Å²) in [5.74, 6) is 0.0257. The van der Waals surface area contributed by atoms with E-state index in [0.717, 1.165) is 55.8 Å². The number of piperidine rings is 1. The molecule has 2 aromatic heterocycles. The minimum atomic E-state index is 0. The number of ether oxygens (including phenoxy) is 1. The number of imidazole rings is 1. The summed E-state index contributed by atoms with van der Waals surface area (Å²) in [5, 5.41) is 0. The van der Waals surface area contributed by atoms with Crippen molar-refractivity contribution in [2.45, 2.75) is 25.4 Å². The Kier molecular flexibility index (Phi) is 7.21. The number of likely N-dealkylation sites (tertiary alicyclic amines) is 1. The quantitative estimate of drug-likeness (QED) is 0.643. The molecule has 1 atom stereocenters. The number of aromatic nitrogens is 3. The standard InChI is InChI=1S/C22H25N5O2.2ClH/c23-12-18-11-22(14-29-18)6-8-26(9-7-22)21(28)16-10-19-20(24-13-16)27(15-25-19)17-4-2-1-3-5-17;;/h1-5,10,13,15,18H,6-9,11-12,14,23H2;2*1H. The average molecular weight is 464 g/mol. The van der Waals surface area contributed by atoms with Gasteiger partial charge >= 0.3 is 0 Å². The van der Waals surface area contributed by atoms with E-state index < -0.39 is 0 Å². The molecule has 0 bridgehead atoms. The molecule has 7 nitrogen and oxygen atoms in total. The summed E-state index contributed by atoms with van der Waals surface area (Å²) in [5.41, 5.74) is 9.01. The third kappa shape index (κ3) is 4.41. The van der Waals surface area contributed by atoms with Crippen molar-refractivity contribution in [2.75, 3.05) is 26.2 Å². The molecular formula is C22H27Cl2N5O2. The van der Waals surface area contributed by atoms with Gasteiger partial charge in [0.25, 0.3) is 5.91 Å². The summed E-state index contributed by atoms with van der Waals surface area (Å²) in [6.45, 7) is 2.83. The Morgan fingerprint density at radius 2 is 1.90 bits per heavy atom. The second kappa shape index (κ2) is 9.53. The van der Waals surface area contributed by atoms with E-state index in [-0.39, 0.29) is 42.2 Å². The molecule has 4 heterocycles. The summed E-state index contributed by atoms with van der Waals surface area (Å²) in [6, 6.07) is 11.8. The predicted molar refractivity (Wildman–Crippen MR) is 124 cm³/mol. The van der Waals surface area contributed by atoms with Crippen LogP contribution in [0.15, 0.2) is 48.9 Å². The van der Waals surface area contributed by atoms with E-state index in [2.05, 4.69) is 9.97 Å². The van der Waals surface area contributed by atoms with Crippen LogP contribution in [-0.4, -0.2) is 57.7 Å². The normalized spacial score (nSPS) is 19.8. The Labute approximate surface area is 193 Å². The lowest BCUT2D eigenvalue weighted by atomic mass is 9.76. The van der Waals surface area contributed by atoms with Gasteiger partial charge in [0.15, 0.2) is 5.65 Å². The van der Waals surface area contributed by atoms with Crippen LogP contribution in [0.1, 0.15) is 29.6 Å². The molecule has 2 saturated heterocycles. The van der Waals surface area contributed by atoms with Gasteiger partial charge in [0, 0.05) is 31.5 Å². The summed E-state index contributed by atoms with van der Waals surface area (Å²) in [4.78, 5) is 24.0. The van der Waals surface area contributed by atoms with E-state index in [1.807, 2.05) is 45.9 Å². The van der Waals surface area contributed by atoms with Gasteiger partial charge in [-0.3, -0.25) is 9.36 Å². The second-order valence-electron chi connectivity index (χ2n) is 8.18. The van der Waals surface area contributed by atoms with Crippen LogP contribution in [-0.2, 0) is 4.74 Å². The van der Waals surface area contributed by atoms with Crippen LogP contribution in [0, 0.1) is 5.41 Å². The monoisotopic (exact) mass is 463 g/mol. The van der Waals surface area contributed by atoms with Crippen LogP contribution in [0.2, 0.25) is 0 Å². The second-order valence-corrected chi connectivity index (χ2v) is 8.18. The highest BCUT2D eigenvalue weighted by Crippen LogP contribution is 2.41. The smallest absolute Gasteiger partial charge is 0.255 e. The maximum Gasteiger partial charge on any atom is 0.255 e. The fourth-order valence-electron chi connectivity index (χ4n) is 4.56. The Hall–Kier alpha value is -2.19. The maximum atomic E-state index is 13.0. The molecule has 1 amide bonds. The molecule has 9 heteroatoms. The van der Waals surface area contributed by atoms with Gasteiger partial charge in [0.05, 0.1) is 18.3 Å². The Morgan fingerprint density at radius 3 is 2.58 bits per heavy atom. The first kappa shape index (κ1) is 23.5. The van der Waals surface area contributed by atoms with Gasteiger partial charge in [0.1, 0.15) is 11.8 Å². The number of hydrogen-bond donors (Lipinski definition) is 1. The summed E-state index contributed by atoms with van der Waals surface area (Å²) in [7, 11) is 0. The summed E-state index contributed by atoms with van der Waals surface area (Å²) < 4.78 is 7.75. The van der Waals surface area contributed by atoms with Crippen molar-refractivity contribution in [3.63, 3.8) is 0 Å². The fourth-order valence-corrected chi connectivity index (χ4v) is 4.56. The number of fused-ring (bicyclic) bond motifs is 1. The fraction of sp³-hybridized carbons (Fsp3) is 0.409. The topological polar surface area (TPSA) is 86.3 Å². The van der Waals surface area contributed by atoms with Crippen molar-refractivity contribution in [3.05, 3.63) is 54.5 Å². The Bertz CT molecular complexity index is 1030. The predicted octanol–water partition coefficient (Wildman–Crippen LogP) is 3.23. The van der Waals surface area contributed by atoms with E-state index in [0.29, 0.717) is 12.1 Å². The highest BCUT2D eigenvalue weighted by molar-refractivity contribution is 5.96. The molecule has 1 aromatic carbocycles. The van der Waals surface area contributed by atoms with Gasteiger partial charge in [-0.15, -0.1) is 24.8 Å². The van der Waals surface area contributed by atoms with Gasteiger partial charge in [-0.1, -0.05) is 18.2 Å². The molecule has 1 spiro atoms. The van der Waals surface area contributed by atoms with Gasteiger partial charge in [-0.05, 0) is 42.9 Å². The first-order chi connectivity index (χ1) is 14.2. The van der Waals surface area contributed by atoms with Crippen LogP contribution < -0.4 is 5.73 Å². The molecule has 166 valence electrons. The molecule has 3 aromatic rings. The maximum absolute atomic E-state index is 13.0. The first-order valence-corrected chi connectivity index (χ1v) is 10.2. The zero-order valence-corrected chi connectivity index (χ0v) is 18.8. The zero-order chi connectivity index (χ0) is 19.8. The van der Waals surface area contributed by atoms with Crippen LogP contribution in [0.5, 0.6) is 0 Å². The number of pyridine rings is 1. The number of halogens is 2. The number of carbonyl (C=O) groups is 1. The average Bonchev–Trinajstić information content (AvgIpc) is 3.38. The minimum Gasteiger partial charge on any atom is -0.376 e. The molecule has 0 radical (unpaired) electrons. The number of para-hydroxylation sites is 1. The van der Waals surface area contributed by atoms with Crippen molar-refractivity contribution in [3.8, 4) is 5.69 Å². The minimum absolute atomic E-state index is 0. The van der Waals surface area contributed by atoms with Crippen molar-refractivity contribution in [1.82, 2.24) is 19.4 Å². The number of benzene rings is 1. The number of carbonyl (C=O) groups excluding carboxylic acids is 1. The van der Waals surface area contributed by atoms with Gasteiger partial charge in [-0.25, -0.2) is 9.97 Å². The third-order valence-corrected chi connectivity index (χ3v) is 6.33. The number of nitrogens with two attached hydrogens (primary N) is 1. The molecule has 2 aliphatic rings. The Balaban J connectivity index is 0.00000136.